The highest BCUT2D eigenvalue weighted by atomic mass is 35.5. The van der Waals surface area contributed by atoms with Crippen LogP contribution in [0.25, 0.3) is 0 Å². The molecule has 0 fully saturated rings. The molecule has 0 spiro atoms. The SMILES string of the molecule is CC(OC(=O)c1ccc(F)cc1Cl)C(=O)NCC(=O)Nc1ccc(F)c(F)c1F. The zero-order chi connectivity index (χ0) is 21.7. The van der Waals surface area contributed by atoms with E-state index >= 15 is 0 Å². The summed E-state index contributed by atoms with van der Waals surface area (Å²) < 4.78 is 57.4. The van der Waals surface area contributed by atoms with E-state index in [1.165, 1.54) is 6.92 Å². The highest BCUT2D eigenvalue weighted by Gasteiger charge is 2.22. The van der Waals surface area contributed by atoms with Gasteiger partial charge in [-0.1, -0.05) is 11.6 Å². The van der Waals surface area contributed by atoms with Crippen LogP contribution in [0.3, 0.4) is 0 Å². The molecule has 0 aromatic heterocycles. The number of rotatable bonds is 6. The summed E-state index contributed by atoms with van der Waals surface area (Å²) in [5.74, 6) is -8.26. The van der Waals surface area contributed by atoms with E-state index in [2.05, 4.69) is 5.32 Å². The van der Waals surface area contributed by atoms with Crippen LogP contribution < -0.4 is 10.6 Å². The number of carbonyl (C=O) groups is 3. The summed E-state index contributed by atoms with van der Waals surface area (Å²) in [6, 6.07) is 4.38. The smallest absolute Gasteiger partial charge is 0.340 e. The Balaban J connectivity index is 1.89. The maximum atomic E-state index is 13.5. The third kappa shape index (κ3) is 5.67. The predicted octanol–water partition coefficient (Wildman–Crippen LogP) is 3.20. The van der Waals surface area contributed by atoms with Crippen LogP contribution >= 0.6 is 11.6 Å². The van der Waals surface area contributed by atoms with Crippen molar-refractivity contribution in [1.29, 1.82) is 0 Å². The molecule has 1 unspecified atom stereocenters. The molecule has 6 nitrogen and oxygen atoms in total. The predicted molar refractivity (Wildman–Crippen MR) is 94.2 cm³/mol. The number of anilines is 1. The average Bonchev–Trinajstić information content (AvgIpc) is 2.66. The second kappa shape index (κ2) is 9.37. The number of benzene rings is 2. The van der Waals surface area contributed by atoms with Crippen LogP contribution in [-0.2, 0) is 14.3 Å². The second-order valence-electron chi connectivity index (χ2n) is 5.66. The van der Waals surface area contributed by atoms with E-state index in [0.29, 0.717) is 6.07 Å². The van der Waals surface area contributed by atoms with Gasteiger partial charge in [0.15, 0.2) is 23.6 Å². The number of halogens is 5. The zero-order valence-corrected chi connectivity index (χ0v) is 15.4. The van der Waals surface area contributed by atoms with Crippen molar-refractivity contribution in [2.75, 3.05) is 11.9 Å². The summed E-state index contributed by atoms with van der Waals surface area (Å²) >= 11 is 5.73. The first kappa shape index (κ1) is 22.2. The summed E-state index contributed by atoms with van der Waals surface area (Å²) in [7, 11) is 0. The molecule has 154 valence electrons. The Labute approximate surface area is 166 Å². The van der Waals surface area contributed by atoms with Crippen LogP contribution in [0.2, 0.25) is 5.02 Å². The van der Waals surface area contributed by atoms with Crippen molar-refractivity contribution >= 4 is 35.1 Å². The fourth-order valence-corrected chi connectivity index (χ4v) is 2.30. The molecule has 2 aromatic carbocycles. The standard InChI is InChI=1S/C18H13ClF4N2O4/c1-8(29-18(28)10-3-2-9(20)6-11(10)19)17(27)24-7-14(26)25-13-5-4-12(21)15(22)16(13)23/h2-6,8H,7H2,1H3,(H,24,27)(H,25,26). The van der Waals surface area contributed by atoms with Gasteiger partial charge in [0.2, 0.25) is 5.91 Å². The van der Waals surface area contributed by atoms with E-state index in [-0.39, 0.29) is 10.6 Å². The van der Waals surface area contributed by atoms with Gasteiger partial charge in [0.25, 0.3) is 5.91 Å². The lowest BCUT2D eigenvalue weighted by Crippen LogP contribution is -2.40. The van der Waals surface area contributed by atoms with Gasteiger partial charge in [-0.2, -0.15) is 0 Å². The molecular formula is C18H13ClF4N2O4. The fraction of sp³-hybridized carbons (Fsp3) is 0.167. The van der Waals surface area contributed by atoms with Crippen molar-refractivity contribution in [3.8, 4) is 0 Å². The van der Waals surface area contributed by atoms with E-state index in [1.807, 2.05) is 5.32 Å². The van der Waals surface area contributed by atoms with Crippen molar-refractivity contribution in [3.63, 3.8) is 0 Å². The van der Waals surface area contributed by atoms with Gasteiger partial charge in [0, 0.05) is 0 Å². The molecule has 1 atom stereocenters. The Kier molecular flexibility index (Phi) is 7.16. The molecule has 0 saturated heterocycles. The highest BCUT2D eigenvalue weighted by molar-refractivity contribution is 6.33. The summed E-state index contributed by atoms with van der Waals surface area (Å²) in [6.45, 7) is 0.536. The van der Waals surface area contributed by atoms with Gasteiger partial charge < -0.3 is 15.4 Å². The Hall–Kier alpha value is -3.14. The van der Waals surface area contributed by atoms with Gasteiger partial charge in [-0.3, -0.25) is 9.59 Å². The van der Waals surface area contributed by atoms with E-state index in [4.69, 9.17) is 16.3 Å². The Morgan fingerprint density at radius 2 is 1.76 bits per heavy atom. The third-order valence-corrected chi connectivity index (χ3v) is 3.85. The Morgan fingerprint density at radius 3 is 2.41 bits per heavy atom. The van der Waals surface area contributed by atoms with Gasteiger partial charge in [0.05, 0.1) is 22.8 Å². The van der Waals surface area contributed by atoms with Crippen LogP contribution in [0.1, 0.15) is 17.3 Å². The maximum absolute atomic E-state index is 13.5. The molecule has 0 saturated carbocycles. The van der Waals surface area contributed by atoms with E-state index in [9.17, 15) is 31.9 Å². The van der Waals surface area contributed by atoms with Crippen molar-refractivity contribution in [3.05, 3.63) is 64.2 Å². The number of hydrogen-bond donors (Lipinski definition) is 2. The molecule has 2 rings (SSSR count). The van der Waals surface area contributed by atoms with E-state index < -0.39 is 59.4 Å². The molecule has 2 N–H and O–H groups in total. The van der Waals surface area contributed by atoms with Crippen LogP contribution in [0.5, 0.6) is 0 Å². The first-order valence-electron chi connectivity index (χ1n) is 7.97. The molecule has 0 aliphatic rings. The van der Waals surface area contributed by atoms with E-state index in [1.54, 1.807) is 0 Å². The summed E-state index contributed by atoms with van der Waals surface area (Å²) in [5, 5.41) is 3.86. The monoisotopic (exact) mass is 432 g/mol. The molecule has 29 heavy (non-hydrogen) atoms. The number of hydrogen-bond acceptors (Lipinski definition) is 4. The lowest BCUT2D eigenvalue weighted by molar-refractivity contribution is -0.130. The molecule has 0 bridgehead atoms. The largest absolute Gasteiger partial charge is 0.449 e. The molecule has 2 aromatic rings. The lowest BCUT2D eigenvalue weighted by atomic mass is 10.2. The van der Waals surface area contributed by atoms with Crippen molar-refractivity contribution in [1.82, 2.24) is 5.32 Å². The normalized spacial score (nSPS) is 11.5. The van der Waals surface area contributed by atoms with Crippen LogP contribution in [0.15, 0.2) is 30.3 Å². The van der Waals surface area contributed by atoms with Gasteiger partial charge >= 0.3 is 5.97 Å². The third-order valence-electron chi connectivity index (χ3n) is 3.54. The topological polar surface area (TPSA) is 84.5 Å². The Bertz CT molecular complexity index is 971. The number of carbonyl (C=O) groups excluding carboxylic acids is 3. The minimum Gasteiger partial charge on any atom is -0.449 e. The quantitative estimate of drug-likeness (QED) is 0.417. The van der Waals surface area contributed by atoms with Gasteiger partial charge in [-0.25, -0.2) is 22.4 Å². The van der Waals surface area contributed by atoms with E-state index in [0.717, 1.165) is 24.3 Å². The first-order chi connectivity index (χ1) is 13.6. The molecular weight excluding hydrogens is 420 g/mol. The van der Waals surface area contributed by atoms with Crippen LogP contribution in [0.4, 0.5) is 23.2 Å². The Morgan fingerprint density at radius 1 is 1.07 bits per heavy atom. The number of nitrogens with one attached hydrogen (secondary N) is 2. The van der Waals surface area contributed by atoms with Gasteiger partial charge in [0.1, 0.15) is 5.82 Å². The molecule has 0 radical (unpaired) electrons. The zero-order valence-electron chi connectivity index (χ0n) is 14.7. The maximum Gasteiger partial charge on any atom is 0.340 e. The van der Waals surface area contributed by atoms with Crippen molar-refractivity contribution in [2.45, 2.75) is 13.0 Å². The molecule has 0 heterocycles. The fourth-order valence-electron chi connectivity index (χ4n) is 2.06. The van der Waals surface area contributed by atoms with Crippen molar-refractivity contribution in [2.24, 2.45) is 0 Å². The molecule has 2 amide bonds. The lowest BCUT2D eigenvalue weighted by Gasteiger charge is -2.14. The van der Waals surface area contributed by atoms with Crippen LogP contribution in [-0.4, -0.2) is 30.4 Å². The first-order valence-corrected chi connectivity index (χ1v) is 8.35. The molecule has 0 aliphatic heterocycles. The summed E-state index contributed by atoms with van der Waals surface area (Å²) in [6.07, 6.45) is -1.35. The van der Waals surface area contributed by atoms with Gasteiger partial charge in [-0.15, -0.1) is 0 Å². The van der Waals surface area contributed by atoms with Crippen molar-refractivity contribution < 1.29 is 36.7 Å². The van der Waals surface area contributed by atoms with Crippen LogP contribution in [0, 0.1) is 23.3 Å². The number of ether oxygens (including phenoxy) is 1. The summed E-state index contributed by atoms with van der Waals surface area (Å²) in [4.78, 5) is 35.6. The second-order valence-corrected chi connectivity index (χ2v) is 6.07. The molecule has 11 heteroatoms. The average molecular weight is 433 g/mol. The molecule has 0 aliphatic carbocycles. The number of amides is 2. The number of esters is 1. The van der Waals surface area contributed by atoms with Gasteiger partial charge in [-0.05, 0) is 37.3 Å². The minimum atomic E-state index is -1.76. The summed E-state index contributed by atoms with van der Waals surface area (Å²) in [5.41, 5.74) is -0.784. The highest BCUT2D eigenvalue weighted by Crippen LogP contribution is 2.20. The minimum absolute atomic E-state index is 0.167.